The van der Waals surface area contributed by atoms with Crippen molar-refractivity contribution in [1.82, 2.24) is 20.4 Å². The van der Waals surface area contributed by atoms with Crippen LogP contribution < -0.4 is 10.1 Å². The third kappa shape index (κ3) is 7.33. The van der Waals surface area contributed by atoms with Crippen molar-refractivity contribution in [3.8, 4) is 17.1 Å². The SMILES string of the molecule is CCOc1ccc(-c2noc(CCC(=O)NCC(CC(C)C)N3CCOCC3)n2)cc1. The van der Waals surface area contributed by atoms with Crippen LogP contribution in [-0.4, -0.2) is 66.4 Å². The standard InChI is InChI=1S/C23H34N4O4/c1-4-30-20-7-5-18(6-8-20)23-25-22(31-26-23)10-9-21(28)24-16-19(15-17(2)3)27-11-13-29-14-12-27/h5-8,17,19H,4,9-16H2,1-3H3,(H,24,28). The van der Waals surface area contributed by atoms with Crippen LogP contribution in [0.2, 0.25) is 0 Å². The minimum Gasteiger partial charge on any atom is -0.494 e. The van der Waals surface area contributed by atoms with Gasteiger partial charge in [-0.3, -0.25) is 9.69 Å². The lowest BCUT2D eigenvalue weighted by atomic mass is 10.0. The lowest BCUT2D eigenvalue weighted by Crippen LogP contribution is -2.49. The van der Waals surface area contributed by atoms with Crippen molar-refractivity contribution in [3.63, 3.8) is 0 Å². The molecular weight excluding hydrogens is 396 g/mol. The second kappa shape index (κ2) is 11.8. The first kappa shape index (κ1) is 23.2. The van der Waals surface area contributed by atoms with E-state index in [2.05, 4.69) is 34.2 Å². The molecule has 1 amide bonds. The van der Waals surface area contributed by atoms with Gasteiger partial charge in [-0.05, 0) is 43.5 Å². The van der Waals surface area contributed by atoms with Crippen LogP contribution in [-0.2, 0) is 16.0 Å². The Morgan fingerprint density at radius 2 is 1.97 bits per heavy atom. The van der Waals surface area contributed by atoms with Gasteiger partial charge in [0.15, 0.2) is 0 Å². The molecule has 8 nitrogen and oxygen atoms in total. The molecule has 0 aliphatic carbocycles. The van der Waals surface area contributed by atoms with Crippen molar-refractivity contribution < 1.29 is 18.8 Å². The summed E-state index contributed by atoms with van der Waals surface area (Å²) in [4.78, 5) is 19.2. The van der Waals surface area contributed by atoms with E-state index >= 15 is 0 Å². The molecule has 1 atom stereocenters. The lowest BCUT2D eigenvalue weighted by molar-refractivity contribution is -0.121. The summed E-state index contributed by atoms with van der Waals surface area (Å²) in [6, 6.07) is 7.89. The van der Waals surface area contributed by atoms with E-state index in [1.165, 1.54) is 0 Å². The van der Waals surface area contributed by atoms with Gasteiger partial charge in [0, 0.05) is 44.1 Å². The summed E-state index contributed by atoms with van der Waals surface area (Å²) in [6.45, 7) is 11.0. The highest BCUT2D eigenvalue weighted by molar-refractivity contribution is 5.76. The number of ether oxygens (including phenoxy) is 2. The van der Waals surface area contributed by atoms with Crippen LogP contribution in [0.1, 0.15) is 39.5 Å². The first-order valence-corrected chi connectivity index (χ1v) is 11.2. The number of benzene rings is 1. The molecule has 8 heteroatoms. The van der Waals surface area contributed by atoms with Gasteiger partial charge in [-0.1, -0.05) is 19.0 Å². The van der Waals surface area contributed by atoms with Crippen LogP contribution in [0.15, 0.2) is 28.8 Å². The monoisotopic (exact) mass is 430 g/mol. The van der Waals surface area contributed by atoms with Crippen LogP contribution in [0, 0.1) is 5.92 Å². The molecule has 170 valence electrons. The summed E-state index contributed by atoms with van der Waals surface area (Å²) in [6.07, 6.45) is 1.79. The summed E-state index contributed by atoms with van der Waals surface area (Å²) in [5, 5.41) is 7.12. The van der Waals surface area contributed by atoms with Crippen molar-refractivity contribution in [2.45, 2.75) is 46.1 Å². The first-order valence-electron chi connectivity index (χ1n) is 11.2. The normalized spacial score (nSPS) is 15.7. The Kier molecular flexibility index (Phi) is 8.85. The van der Waals surface area contributed by atoms with Gasteiger partial charge < -0.3 is 19.3 Å². The number of amides is 1. The van der Waals surface area contributed by atoms with Crippen LogP contribution >= 0.6 is 0 Å². The van der Waals surface area contributed by atoms with E-state index in [-0.39, 0.29) is 5.91 Å². The molecule has 0 saturated carbocycles. The number of rotatable bonds is 11. The predicted octanol–water partition coefficient (Wildman–Crippen LogP) is 2.93. The zero-order valence-corrected chi connectivity index (χ0v) is 18.8. The van der Waals surface area contributed by atoms with E-state index in [4.69, 9.17) is 14.0 Å². The summed E-state index contributed by atoms with van der Waals surface area (Å²) < 4.78 is 16.2. The van der Waals surface area contributed by atoms with E-state index < -0.39 is 0 Å². The van der Waals surface area contributed by atoms with Gasteiger partial charge in [0.25, 0.3) is 0 Å². The molecule has 1 aromatic carbocycles. The maximum atomic E-state index is 12.4. The zero-order chi connectivity index (χ0) is 22.1. The van der Waals surface area contributed by atoms with Crippen LogP contribution in [0.5, 0.6) is 5.75 Å². The van der Waals surface area contributed by atoms with Crippen LogP contribution in [0.3, 0.4) is 0 Å². The Morgan fingerprint density at radius 1 is 1.23 bits per heavy atom. The van der Waals surface area contributed by atoms with E-state index in [0.29, 0.717) is 49.7 Å². The number of nitrogens with zero attached hydrogens (tertiary/aromatic N) is 3. The molecule has 1 aromatic heterocycles. The summed E-state index contributed by atoms with van der Waals surface area (Å²) in [5.74, 6) is 2.36. The summed E-state index contributed by atoms with van der Waals surface area (Å²) in [7, 11) is 0. The molecule has 1 aliphatic rings. The Labute approximate surface area is 184 Å². The molecule has 1 aliphatic heterocycles. The van der Waals surface area contributed by atoms with Gasteiger partial charge in [-0.2, -0.15) is 4.98 Å². The minimum absolute atomic E-state index is 0.00262. The lowest BCUT2D eigenvalue weighted by Gasteiger charge is -2.35. The highest BCUT2D eigenvalue weighted by atomic mass is 16.5. The Hall–Kier alpha value is -2.45. The van der Waals surface area contributed by atoms with E-state index in [9.17, 15) is 4.79 Å². The van der Waals surface area contributed by atoms with Gasteiger partial charge in [0.05, 0.1) is 19.8 Å². The fourth-order valence-corrected chi connectivity index (χ4v) is 3.73. The fraction of sp³-hybridized carbons (Fsp3) is 0.609. The number of morpholine rings is 1. The van der Waals surface area contributed by atoms with E-state index in [1.807, 2.05) is 31.2 Å². The maximum Gasteiger partial charge on any atom is 0.227 e. The Bertz CT molecular complexity index is 800. The van der Waals surface area contributed by atoms with E-state index in [1.54, 1.807) is 0 Å². The van der Waals surface area contributed by atoms with E-state index in [0.717, 1.165) is 44.0 Å². The number of aromatic nitrogens is 2. The van der Waals surface area contributed by atoms with Gasteiger partial charge in [-0.25, -0.2) is 0 Å². The molecule has 1 fully saturated rings. The number of aryl methyl sites for hydroxylation is 1. The minimum atomic E-state index is 0.00262. The molecule has 1 saturated heterocycles. The van der Waals surface area contributed by atoms with Gasteiger partial charge in [0.1, 0.15) is 5.75 Å². The molecule has 2 heterocycles. The summed E-state index contributed by atoms with van der Waals surface area (Å²) >= 11 is 0. The predicted molar refractivity (Wildman–Crippen MR) is 118 cm³/mol. The average molecular weight is 431 g/mol. The second-order valence-corrected chi connectivity index (χ2v) is 8.20. The third-order valence-electron chi connectivity index (χ3n) is 5.30. The molecule has 3 rings (SSSR count). The average Bonchev–Trinajstić information content (AvgIpc) is 3.25. The zero-order valence-electron chi connectivity index (χ0n) is 18.8. The maximum absolute atomic E-state index is 12.4. The fourth-order valence-electron chi connectivity index (χ4n) is 3.73. The van der Waals surface area contributed by atoms with Crippen LogP contribution in [0.4, 0.5) is 0 Å². The van der Waals surface area contributed by atoms with Crippen molar-refractivity contribution in [3.05, 3.63) is 30.2 Å². The number of carbonyl (C=O) groups is 1. The van der Waals surface area contributed by atoms with Gasteiger partial charge >= 0.3 is 0 Å². The molecule has 0 spiro atoms. The molecule has 2 aromatic rings. The topological polar surface area (TPSA) is 89.7 Å². The largest absolute Gasteiger partial charge is 0.494 e. The second-order valence-electron chi connectivity index (χ2n) is 8.20. The highest BCUT2D eigenvalue weighted by Gasteiger charge is 2.22. The molecule has 1 unspecified atom stereocenters. The quantitative estimate of drug-likeness (QED) is 0.586. The van der Waals surface area contributed by atoms with Gasteiger partial charge in [-0.15, -0.1) is 0 Å². The van der Waals surface area contributed by atoms with Crippen molar-refractivity contribution in [2.75, 3.05) is 39.5 Å². The number of carbonyl (C=O) groups excluding carboxylic acids is 1. The number of hydrogen-bond donors (Lipinski definition) is 1. The Balaban J connectivity index is 1.46. The third-order valence-corrected chi connectivity index (χ3v) is 5.30. The molecule has 1 N–H and O–H groups in total. The molecular formula is C23H34N4O4. The molecule has 0 radical (unpaired) electrons. The number of hydrogen-bond acceptors (Lipinski definition) is 7. The highest BCUT2D eigenvalue weighted by Crippen LogP contribution is 2.20. The Morgan fingerprint density at radius 3 is 2.65 bits per heavy atom. The molecule has 31 heavy (non-hydrogen) atoms. The number of nitrogens with one attached hydrogen (secondary N) is 1. The van der Waals surface area contributed by atoms with Crippen LogP contribution in [0.25, 0.3) is 11.4 Å². The smallest absolute Gasteiger partial charge is 0.227 e. The van der Waals surface area contributed by atoms with Crippen molar-refractivity contribution in [1.29, 1.82) is 0 Å². The summed E-state index contributed by atoms with van der Waals surface area (Å²) in [5.41, 5.74) is 0.852. The first-order chi connectivity index (χ1) is 15.0. The van der Waals surface area contributed by atoms with Crippen molar-refractivity contribution >= 4 is 5.91 Å². The molecule has 0 bridgehead atoms. The van der Waals surface area contributed by atoms with Crippen molar-refractivity contribution in [2.24, 2.45) is 5.92 Å². The van der Waals surface area contributed by atoms with Gasteiger partial charge in [0.2, 0.25) is 17.6 Å².